The topological polar surface area (TPSA) is 38.8 Å². The Labute approximate surface area is 108 Å². The first kappa shape index (κ1) is 14.7. The fourth-order valence-electron chi connectivity index (χ4n) is 1.67. The van der Waals surface area contributed by atoms with Gasteiger partial charge in [-0.05, 0) is 12.5 Å². The molecule has 1 rings (SSSR count). The van der Waals surface area contributed by atoms with Crippen molar-refractivity contribution < 1.29 is 14.3 Å². The second-order valence-electron chi connectivity index (χ2n) is 3.99. The zero-order valence-corrected chi connectivity index (χ0v) is 11.1. The van der Waals surface area contributed by atoms with Crippen LogP contribution in [0.2, 0.25) is 0 Å². The van der Waals surface area contributed by atoms with Gasteiger partial charge in [-0.15, -0.1) is 0 Å². The molecule has 0 radical (unpaired) electrons. The summed E-state index contributed by atoms with van der Waals surface area (Å²) in [6.07, 6.45) is 0. The molecule has 0 N–H and O–H groups in total. The van der Waals surface area contributed by atoms with Crippen molar-refractivity contribution in [1.29, 1.82) is 0 Å². The highest BCUT2D eigenvalue weighted by atomic mass is 16.5. The van der Waals surface area contributed by atoms with Gasteiger partial charge in [0.05, 0.1) is 19.8 Å². The van der Waals surface area contributed by atoms with Crippen LogP contribution in [0.5, 0.6) is 0 Å². The number of carbonyl (C=O) groups excluding carboxylic acids is 1. The fraction of sp³-hybridized carbons (Fsp3) is 0.500. The van der Waals surface area contributed by atoms with E-state index < -0.39 is 0 Å². The summed E-state index contributed by atoms with van der Waals surface area (Å²) in [5.41, 5.74) is 1.18. The molecule has 0 aliphatic rings. The molecule has 0 fully saturated rings. The Morgan fingerprint density at radius 3 is 2.61 bits per heavy atom. The summed E-state index contributed by atoms with van der Waals surface area (Å²) >= 11 is 0. The summed E-state index contributed by atoms with van der Waals surface area (Å²) in [5, 5.41) is 0. The van der Waals surface area contributed by atoms with Gasteiger partial charge in [-0.25, -0.2) is 0 Å². The molecule has 0 saturated heterocycles. The molecule has 1 aromatic carbocycles. The third-order valence-corrected chi connectivity index (χ3v) is 2.52. The average molecular weight is 251 g/mol. The van der Waals surface area contributed by atoms with Crippen LogP contribution in [-0.2, 0) is 20.8 Å². The van der Waals surface area contributed by atoms with E-state index >= 15 is 0 Å². The van der Waals surface area contributed by atoms with Gasteiger partial charge in [0, 0.05) is 20.2 Å². The zero-order valence-electron chi connectivity index (χ0n) is 11.1. The zero-order chi connectivity index (χ0) is 13.2. The molecule has 0 aliphatic carbocycles. The van der Waals surface area contributed by atoms with Crippen molar-refractivity contribution >= 4 is 5.97 Å². The van der Waals surface area contributed by atoms with Crippen LogP contribution in [0.4, 0.5) is 0 Å². The molecular weight excluding hydrogens is 230 g/mol. The van der Waals surface area contributed by atoms with E-state index in [2.05, 4.69) is 0 Å². The number of carbonyl (C=O) groups is 1. The first-order valence-electron chi connectivity index (χ1n) is 6.17. The second-order valence-corrected chi connectivity index (χ2v) is 3.99. The summed E-state index contributed by atoms with van der Waals surface area (Å²) in [6, 6.07) is 10.1. The SMILES string of the molecule is CCOC(=O)CN(CCOC)Cc1ccccc1. The number of hydrogen-bond acceptors (Lipinski definition) is 4. The minimum atomic E-state index is -0.190. The maximum atomic E-state index is 11.5. The van der Waals surface area contributed by atoms with Crippen LogP contribution < -0.4 is 0 Å². The van der Waals surface area contributed by atoms with E-state index in [1.54, 1.807) is 7.11 Å². The van der Waals surface area contributed by atoms with Crippen LogP contribution >= 0.6 is 0 Å². The molecular formula is C14H21NO3. The Balaban J connectivity index is 2.52. The van der Waals surface area contributed by atoms with Crippen molar-refractivity contribution in [2.45, 2.75) is 13.5 Å². The predicted octanol–water partition coefficient (Wildman–Crippen LogP) is 1.70. The number of esters is 1. The molecule has 0 bridgehead atoms. The monoisotopic (exact) mass is 251 g/mol. The molecule has 18 heavy (non-hydrogen) atoms. The molecule has 0 heterocycles. The van der Waals surface area contributed by atoms with Gasteiger partial charge in [-0.2, -0.15) is 0 Å². The van der Waals surface area contributed by atoms with E-state index in [0.717, 1.165) is 6.54 Å². The molecule has 0 unspecified atom stereocenters. The van der Waals surface area contributed by atoms with Gasteiger partial charge in [-0.3, -0.25) is 9.69 Å². The van der Waals surface area contributed by atoms with Gasteiger partial charge in [0.1, 0.15) is 0 Å². The van der Waals surface area contributed by atoms with Crippen molar-refractivity contribution in [2.24, 2.45) is 0 Å². The second kappa shape index (κ2) is 8.66. The van der Waals surface area contributed by atoms with Crippen LogP contribution in [0.25, 0.3) is 0 Å². The molecule has 1 aromatic rings. The standard InChI is InChI=1S/C14H21NO3/c1-3-18-14(16)12-15(9-10-17-2)11-13-7-5-4-6-8-13/h4-8H,3,9-12H2,1-2H3. The van der Waals surface area contributed by atoms with Crippen LogP contribution in [0.3, 0.4) is 0 Å². The smallest absolute Gasteiger partial charge is 0.320 e. The highest BCUT2D eigenvalue weighted by molar-refractivity contribution is 5.71. The number of methoxy groups -OCH3 is 1. The van der Waals surface area contributed by atoms with Gasteiger partial charge in [0.2, 0.25) is 0 Å². The van der Waals surface area contributed by atoms with Gasteiger partial charge < -0.3 is 9.47 Å². The molecule has 0 amide bonds. The summed E-state index contributed by atoms with van der Waals surface area (Å²) < 4.78 is 10.0. The lowest BCUT2D eigenvalue weighted by atomic mass is 10.2. The van der Waals surface area contributed by atoms with Crippen LogP contribution in [0, 0.1) is 0 Å². The number of benzene rings is 1. The van der Waals surface area contributed by atoms with Crippen LogP contribution in [-0.4, -0.2) is 44.3 Å². The van der Waals surface area contributed by atoms with Crippen molar-refractivity contribution in [1.82, 2.24) is 4.90 Å². The van der Waals surface area contributed by atoms with E-state index in [0.29, 0.717) is 26.3 Å². The number of ether oxygens (including phenoxy) is 2. The molecule has 0 aromatic heterocycles. The van der Waals surface area contributed by atoms with E-state index in [1.165, 1.54) is 5.56 Å². The summed E-state index contributed by atoms with van der Waals surface area (Å²) in [7, 11) is 1.66. The summed E-state index contributed by atoms with van der Waals surface area (Å²) in [5.74, 6) is -0.190. The minimum Gasteiger partial charge on any atom is -0.465 e. The lowest BCUT2D eigenvalue weighted by Gasteiger charge is -2.20. The predicted molar refractivity (Wildman–Crippen MR) is 70.2 cm³/mol. The highest BCUT2D eigenvalue weighted by Gasteiger charge is 2.11. The van der Waals surface area contributed by atoms with Crippen molar-refractivity contribution in [3.05, 3.63) is 35.9 Å². The van der Waals surface area contributed by atoms with E-state index in [4.69, 9.17) is 9.47 Å². The van der Waals surface area contributed by atoms with E-state index in [-0.39, 0.29) is 5.97 Å². The summed E-state index contributed by atoms with van der Waals surface area (Å²) in [4.78, 5) is 13.5. The molecule has 0 saturated carbocycles. The first-order chi connectivity index (χ1) is 8.76. The van der Waals surface area contributed by atoms with E-state index in [9.17, 15) is 4.79 Å². The number of hydrogen-bond donors (Lipinski definition) is 0. The van der Waals surface area contributed by atoms with E-state index in [1.807, 2.05) is 42.2 Å². The number of nitrogens with zero attached hydrogens (tertiary/aromatic N) is 1. The highest BCUT2D eigenvalue weighted by Crippen LogP contribution is 2.04. The Kier molecular flexibility index (Phi) is 7.06. The lowest BCUT2D eigenvalue weighted by molar-refractivity contribution is -0.144. The number of rotatable bonds is 8. The van der Waals surface area contributed by atoms with Gasteiger partial charge in [-0.1, -0.05) is 30.3 Å². The normalized spacial score (nSPS) is 10.6. The quantitative estimate of drug-likeness (QED) is 0.659. The third-order valence-electron chi connectivity index (χ3n) is 2.52. The van der Waals surface area contributed by atoms with Crippen LogP contribution in [0.15, 0.2) is 30.3 Å². The maximum absolute atomic E-state index is 11.5. The van der Waals surface area contributed by atoms with Gasteiger partial charge in [0.15, 0.2) is 0 Å². The molecule has 0 atom stereocenters. The average Bonchev–Trinajstić information content (AvgIpc) is 2.37. The minimum absolute atomic E-state index is 0.190. The Hall–Kier alpha value is -1.39. The first-order valence-corrected chi connectivity index (χ1v) is 6.17. The Morgan fingerprint density at radius 1 is 1.28 bits per heavy atom. The molecule has 100 valence electrons. The largest absolute Gasteiger partial charge is 0.465 e. The van der Waals surface area contributed by atoms with Crippen molar-refractivity contribution in [3.63, 3.8) is 0 Å². The molecule has 4 heteroatoms. The van der Waals surface area contributed by atoms with Gasteiger partial charge >= 0.3 is 5.97 Å². The summed E-state index contributed by atoms with van der Waals surface area (Å²) in [6.45, 7) is 4.57. The fourth-order valence-corrected chi connectivity index (χ4v) is 1.67. The molecule has 4 nitrogen and oxygen atoms in total. The third kappa shape index (κ3) is 5.80. The Morgan fingerprint density at radius 2 is 2.00 bits per heavy atom. The lowest BCUT2D eigenvalue weighted by Crippen LogP contribution is -2.33. The van der Waals surface area contributed by atoms with Crippen molar-refractivity contribution in [3.8, 4) is 0 Å². The van der Waals surface area contributed by atoms with Gasteiger partial charge in [0.25, 0.3) is 0 Å². The van der Waals surface area contributed by atoms with Crippen LogP contribution in [0.1, 0.15) is 12.5 Å². The Bertz CT molecular complexity index is 340. The maximum Gasteiger partial charge on any atom is 0.320 e. The molecule has 0 spiro atoms. The van der Waals surface area contributed by atoms with Crippen molar-refractivity contribution in [2.75, 3.05) is 33.4 Å². The molecule has 0 aliphatic heterocycles.